The van der Waals surface area contributed by atoms with Crippen molar-refractivity contribution < 1.29 is 4.74 Å². The first-order valence-corrected chi connectivity index (χ1v) is 5.62. The van der Waals surface area contributed by atoms with E-state index in [0.717, 1.165) is 32.8 Å². The standard InChI is InChI=1S/C10H21N3O.3ClH/c11-10-1-2-13(9-10)4-3-12-5-7-14-8-6-12;;;/h10H,1-9,11H2;3*1H. The molecule has 0 radical (unpaired) electrons. The largest absolute Gasteiger partial charge is 0.379 e. The van der Waals surface area contributed by atoms with E-state index in [1.165, 1.54) is 26.1 Å². The van der Waals surface area contributed by atoms with E-state index >= 15 is 0 Å². The van der Waals surface area contributed by atoms with Crippen LogP contribution in [0.4, 0.5) is 0 Å². The number of nitrogens with two attached hydrogens (primary N) is 1. The third kappa shape index (κ3) is 7.01. The van der Waals surface area contributed by atoms with Gasteiger partial charge in [0, 0.05) is 38.8 Å². The molecular weight excluding hydrogens is 284 g/mol. The number of morpholine rings is 1. The first-order valence-electron chi connectivity index (χ1n) is 5.62. The fourth-order valence-corrected chi connectivity index (χ4v) is 2.17. The molecule has 4 nitrogen and oxygen atoms in total. The molecule has 2 aliphatic heterocycles. The highest BCUT2D eigenvalue weighted by molar-refractivity contribution is 5.86. The van der Waals surface area contributed by atoms with E-state index in [0.29, 0.717) is 6.04 Å². The number of likely N-dealkylation sites (tertiary alicyclic amines) is 1. The van der Waals surface area contributed by atoms with E-state index in [9.17, 15) is 0 Å². The van der Waals surface area contributed by atoms with Crippen molar-refractivity contribution in [2.75, 3.05) is 52.5 Å². The third-order valence-electron chi connectivity index (χ3n) is 3.14. The number of ether oxygens (including phenoxy) is 1. The van der Waals surface area contributed by atoms with Crippen molar-refractivity contribution in [3.05, 3.63) is 0 Å². The minimum Gasteiger partial charge on any atom is -0.379 e. The molecule has 0 bridgehead atoms. The molecule has 2 fully saturated rings. The van der Waals surface area contributed by atoms with Crippen LogP contribution in [0.2, 0.25) is 0 Å². The molecule has 1 atom stereocenters. The molecule has 0 aromatic carbocycles. The van der Waals surface area contributed by atoms with Crippen molar-refractivity contribution in [1.29, 1.82) is 0 Å². The van der Waals surface area contributed by atoms with E-state index in [-0.39, 0.29) is 37.2 Å². The van der Waals surface area contributed by atoms with Crippen LogP contribution < -0.4 is 5.73 Å². The van der Waals surface area contributed by atoms with Crippen molar-refractivity contribution in [1.82, 2.24) is 9.80 Å². The highest BCUT2D eigenvalue weighted by Crippen LogP contribution is 2.06. The van der Waals surface area contributed by atoms with Gasteiger partial charge in [0.2, 0.25) is 0 Å². The Morgan fingerprint density at radius 3 is 2.06 bits per heavy atom. The quantitative estimate of drug-likeness (QED) is 0.830. The summed E-state index contributed by atoms with van der Waals surface area (Å²) in [5.74, 6) is 0. The zero-order chi connectivity index (χ0) is 9.80. The van der Waals surface area contributed by atoms with Gasteiger partial charge in [-0.25, -0.2) is 0 Å². The maximum absolute atomic E-state index is 5.86. The summed E-state index contributed by atoms with van der Waals surface area (Å²) < 4.78 is 5.31. The van der Waals surface area contributed by atoms with E-state index in [4.69, 9.17) is 10.5 Å². The van der Waals surface area contributed by atoms with Gasteiger partial charge in [-0.2, -0.15) is 0 Å². The summed E-state index contributed by atoms with van der Waals surface area (Å²) in [7, 11) is 0. The normalized spacial score (nSPS) is 25.6. The summed E-state index contributed by atoms with van der Waals surface area (Å²) in [5.41, 5.74) is 5.86. The zero-order valence-electron chi connectivity index (χ0n) is 10.0. The Kier molecular flexibility index (Phi) is 12.5. The number of nitrogens with zero attached hydrogens (tertiary/aromatic N) is 2. The van der Waals surface area contributed by atoms with Gasteiger partial charge in [-0.05, 0) is 13.0 Å². The van der Waals surface area contributed by atoms with E-state index in [2.05, 4.69) is 9.80 Å². The molecular formula is C10H24Cl3N3O. The number of halogens is 3. The molecule has 17 heavy (non-hydrogen) atoms. The van der Waals surface area contributed by atoms with E-state index in [1.54, 1.807) is 0 Å². The van der Waals surface area contributed by atoms with Crippen molar-refractivity contribution >= 4 is 37.2 Å². The zero-order valence-corrected chi connectivity index (χ0v) is 12.5. The van der Waals surface area contributed by atoms with Crippen molar-refractivity contribution in [3.63, 3.8) is 0 Å². The van der Waals surface area contributed by atoms with Crippen LogP contribution in [0.1, 0.15) is 6.42 Å². The van der Waals surface area contributed by atoms with Gasteiger partial charge in [0.05, 0.1) is 13.2 Å². The van der Waals surface area contributed by atoms with Crippen molar-refractivity contribution in [3.8, 4) is 0 Å². The van der Waals surface area contributed by atoms with E-state index in [1.807, 2.05) is 0 Å². The van der Waals surface area contributed by atoms with Gasteiger partial charge >= 0.3 is 0 Å². The van der Waals surface area contributed by atoms with Crippen molar-refractivity contribution in [2.45, 2.75) is 12.5 Å². The Labute approximate surface area is 122 Å². The summed E-state index contributed by atoms with van der Waals surface area (Å²) in [6, 6.07) is 0.416. The van der Waals surface area contributed by atoms with E-state index < -0.39 is 0 Å². The van der Waals surface area contributed by atoms with Crippen LogP contribution in [0.5, 0.6) is 0 Å². The predicted octanol–water partition coefficient (Wildman–Crippen LogP) is 0.617. The van der Waals surface area contributed by atoms with Crippen molar-refractivity contribution in [2.24, 2.45) is 5.73 Å². The van der Waals surface area contributed by atoms with Crippen LogP contribution in [0.3, 0.4) is 0 Å². The van der Waals surface area contributed by atoms with Gasteiger partial charge < -0.3 is 15.4 Å². The second-order valence-corrected chi connectivity index (χ2v) is 4.30. The lowest BCUT2D eigenvalue weighted by Crippen LogP contribution is -2.41. The Hall–Kier alpha value is 0.710. The van der Waals surface area contributed by atoms with Crippen LogP contribution >= 0.6 is 37.2 Å². The van der Waals surface area contributed by atoms with Gasteiger partial charge in [-0.1, -0.05) is 0 Å². The summed E-state index contributed by atoms with van der Waals surface area (Å²) in [6.45, 7) is 8.62. The lowest BCUT2D eigenvalue weighted by molar-refractivity contribution is 0.0343. The number of rotatable bonds is 3. The molecule has 0 saturated carbocycles. The second-order valence-electron chi connectivity index (χ2n) is 4.30. The molecule has 106 valence electrons. The molecule has 0 aliphatic carbocycles. The molecule has 2 aliphatic rings. The van der Waals surface area contributed by atoms with Crippen LogP contribution in [0.25, 0.3) is 0 Å². The Balaban J connectivity index is 0. The molecule has 2 rings (SSSR count). The first kappa shape index (κ1) is 20.0. The lowest BCUT2D eigenvalue weighted by Gasteiger charge is -2.28. The van der Waals surface area contributed by atoms with Gasteiger partial charge in [-0.3, -0.25) is 4.90 Å². The minimum atomic E-state index is 0. The van der Waals surface area contributed by atoms with Crippen LogP contribution in [-0.2, 0) is 4.74 Å². The average Bonchev–Trinajstić information content (AvgIpc) is 2.63. The van der Waals surface area contributed by atoms with Gasteiger partial charge in [0.25, 0.3) is 0 Å². The highest BCUT2D eigenvalue weighted by atomic mass is 35.5. The summed E-state index contributed by atoms with van der Waals surface area (Å²) in [4.78, 5) is 4.95. The molecule has 1 unspecified atom stereocenters. The topological polar surface area (TPSA) is 41.7 Å². The maximum atomic E-state index is 5.86. The number of hydrogen-bond acceptors (Lipinski definition) is 4. The third-order valence-corrected chi connectivity index (χ3v) is 3.14. The molecule has 2 heterocycles. The summed E-state index contributed by atoms with van der Waals surface area (Å²) >= 11 is 0. The fourth-order valence-electron chi connectivity index (χ4n) is 2.17. The Morgan fingerprint density at radius 2 is 1.53 bits per heavy atom. The van der Waals surface area contributed by atoms with Gasteiger partial charge in [-0.15, -0.1) is 37.2 Å². The summed E-state index contributed by atoms with van der Waals surface area (Å²) in [5, 5.41) is 0. The molecule has 2 saturated heterocycles. The molecule has 0 aromatic rings. The molecule has 7 heteroatoms. The van der Waals surface area contributed by atoms with Crippen LogP contribution in [-0.4, -0.2) is 68.3 Å². The summed E-state index contributed by atoms with van der Waals surface area (Å²) in [6.07, 6.45) is 1.17. The number of hydrogen-bond donors (Lipinski definition) is 1. The predicted molar refractivity (Wildman–Crippen MR) is 78.0 cm³/mol. The van der Waals surface area contributed by atoms with Gasteiger partial charge in [0.15, 0.2) is 0 Å². The monoisotopic (exact) mass is 307 g/mol. The lowest BCUT2D eigenvalue weighted by atomic mass is 10.3. The molecule has 0 aromatic heterocycles. The highest BCUT2D eigenvalue weighted by Gasteiger charge is 2.19. The van der Waals surface area contributed by atoms with Crippen LogP contribution in [0.15, 0.2) is 0 Å². The minimum absolute atomic E-state index is 0. The maximum Gasteiger partial charge on any atom is 0.0594 e. The Bertz CT molecular complexity index is 177. The average molecular weight is 309 g/mol. The molecule has 0 amide bonds. The molecule has 2 N–H and O–H groups in total. The SMILES string of the molecule is Cl.Cl.Cl.NC1CCN(CCN2CCOCC2)C1. The Morgan fingerprint density at radius 1 is 0.941 bits per heavy atom. The smallest absolute Gasteiger partial charge is 0.0594 e. The first-order chi connectivity index (χ1) is 6.84. The van der Waals surface area contributed by atoms with Gasteiger partial charge in [0.1, 0.15) is 0 Å². The molecule has 0 spiro atoms. The fraction of sp³-hybridized carbons (Fsp3) is 1.00. The van der Waals surface area contributed by atoms with Crippen LogP contribution in [0, 0.1) is 0 Å². The second kappa shape index (κ2) is 10.6.